The molecule has 2 unspecified atom stereocenters. The highest BCUT2D eigenvalue weighted by atomic mass is 16.5. The largest absolute Gasteiger partial charge is 0.495 e. The zero-order valence-electron chi connectivity index (χ0n) is 17.5. The first kappa shape index (κ1) is 20.2. The first-order valence-corrected chi connectivity index (χ1v) is 10.5. The summed E-state index contributed by atoms with van der Waals surface area (Å²) in [4.78, 5) is 17.1. The number of aromatic nitrogens is 1. The highest BCUT2D eigenvalue weighted by Gasteiger charge is 2.28. The molecule has 5 rings (SSSR count). The molecule has 1 aliphatic rings. The average molecular weight is 429 g/mol. The molecule has 1 saturated heterocycles. The second kappa shape index (κ2) is 8.45. The number of β-amino-alcohol motifs (C(OH)–C–C–N with tert-alkyl or cyclic N) is 1. The molecule has 7 heteroatoms. The van der Waals surface area contributed by atoms with Gasteiger partial charge in [0.15, 0.2) is 5.58 Å². The molecule has 3 heterocycles. The van der Waals surface area contributed by atoms with Gasteiger partial charge in [0.2, 0.25) is 5.91 Å². The van der Waals surface area contributed by atoms with Gasteiger partial charge in [-0.1, -0.05) is 30.3 Å². The van der Waals surface area contributed by atoms with Gasteiger partial charge >= 0.3 is 0 Å². The number of fused-ring (bicyclic) bond motifs is 1. The summed E-state index contributed by atoms with van der Waals surface area (Å²) < 4.78 is 11.7. The van der Waals surface area contributed by atoms with Gasteiger partial charge in [-0.3, -0.25) is 9.78 Å². The molecule has 1 aliphatic heterocycles. The number of carbonyl (C=O) groups excluding carboxylic acids is 1. The monoisotopic (exact) mass is 429 g/mol. The van der Waals surface area contributed by atoms with Crippen molar-refractivity contribution < 1.29 is 19.1 Å². The Hall–Kier alpha value is -3.68. The van der Waals surface area contributed by atoms with E-state index in [2.05, 4.69) is 15.6 Å². The lowest BCUT2D eigenvalue weighted by Gasteiger charge is -2.14. The molecular weight excluding hydrogens is 406 g/mol. The summed E-state index contributed by atoms with van der Waals surface area (Å²) in [6, 6.07) is 18.9. The van der Waals surface area contributed by atoms with E-state index in [9.17, 15) is 9.90 Å². The van der Waals surface area contributed by atoms with Crippen molar-refractivity contribution in [2.45, 2.75) is 18.6 Å². The fourth-order valence-corrected chi connectivity index (χ4v) is 4.02. The molecule has 2 atom stereocenters. The van der Waals surface area contributed by atoms with Gasteiger partial charge in [-0.25, -0.2) is 0 Å². The summed E-state index contributed by atoms with van der Waals surface area (Å²) in [7, 11) is 1.56. The standard InChI is InChI=1S/C25H23N3O4/c1-31-22-8-7-16(11-19(22)28-25(30)21-12-17(29)14-27-21)23-13-20-24(32-23)18(9-10-26-20)15-5-3-2-4-6-15/h2-11,13,17,21,27,29H,12,14H2,1H3,(H,28,30). The summed E-state index contributed by atoms with van der Waals surface area (Å²) in [5.41, 5.74) is 4.81. The van der Waals surface area contributed by atoms with Crippen LogP contribution in [0.4, 0.5) is 5.69 Å². The van der Waals surface area contributed by atoms with E-state index in [4.69, 9.17) is 9.15 Å². The van der Waals surface area contributed by atoms with Crippen molar-refractivity contribution >= 4 is 22.7 Å². The Morgan fingerprint density at radius 3 is 2.75 bits per heavy atom. The van der Waals surface area contributed by atoms with E-state index >= 15 is 0 Å². The fraction of sp³-hybridized carbons (Fsp3) is 0.200. The Kier molecular flexibility index (Phi) is 5.34. The predicted molar refractivity (Wildman–Crippen MR) is 122 cm³/mol. The van der Waals surface area contributed by atoms with E-state index in [-0.39, 0.29) is 5.91 Å². The van der Waals surface area contributed by atoms with Crippen LogP contribution in [0.25, 0.3) is 33.6 Å². The first-order valence-electron chi connectivity index (χ1n) is 10.5. The van der Waals surface area contributed by atoms with Gasteiger partial charge in [0.25, 0.3) is 0 Å². The number of benzene rings is 2. The predicted octanol–water partition coefficient (Wildman–Crippen LogP) is 3.83. The molecule has 3 N–H and O–H groups in total. The maximum Gasteiger partial charge on any atom is 0.241 e. The molecule has 0 saturated carbocycles. The second-order valence-electron chi connectivity index (χ2n) is 7.80. The second-order valence-corrected chi connectivity index (χ2v) is 7.80. The van der Waals surface area contributed by atoms with Gasteiger partial charge in [-0.2, -0.15) is 0 Å². The molecule has 0 bridgehead atoms. The number of furan rings is 1. The number of anilines is 1. The SMILES string of the molecule is COc1ccc(-c2cc3nccc(-c4ccccc4)c3o2)cc1NC(=O)C1CC(O)CN1. The average Bonchev–Trinajstić information content (AvgIpc) is 3.46. The van der Waals surface area contributed by atoms with Gasteiger partial charge < -0.3 is 24.9 Å². The number of hydrogen-bond donors (Lipinski definition) is 3. The number of methoxy groups -OCH3 is 1. The molecule has 0 aliphatic carbocycles. The molecule has 0 spiro atoms. The number of nitrogens with zero attached hydrogens (tertiary/aromatic N) is 1. The topological polar surface area (TPSA) is 96.6 Å². The first-order chi connectivity index (χ1) is 15.6. The van der Waals surface area contributed by atoms with Crippen molar-refractivity contribution in [1.29, 1.82) is 0 Å². The number of amides is 1. The Bertz CT molecular complexity index is 1270. The number of rotatable bonds is 5. The third-order valence-corrected chi connectivity index (χ3v) is 5.66. The number of carbonyl (C=O) groups is 1. The Morgan fingerprint density at radius 2 is 2.00 bits per heavy atom. The third-order valence-electron chi connectivity index (χ3n) is 5.66. The van der Waals surface area contributed by atoms with E-state index in [1.807, 2.05) is 54.6 Å². The van der Waals surface area contributed by atoms with Crippen molar-refractivity contribution in [3.8, 4) is 28.2 Å². The number of ether oxygens (including phenoxy) is 1. The van der Waals surface area contributed by atoms with Crippen molar-refractivity contribution in [2.75, 3.05) is 19.0 Å². The molecule has 162 valence electrons. The summed E-state index contributed by atoms with van der Waals surface area (Å²) in [5.74, 6) is 0.970. The highest BCUT2D eigenvalue weighted by molar-refractivity contribution is 5.97. The van der Waals surface area contributed by atoms with Crippen LogP contribution in [0.15, 0.2) is 71.3 Å². The number of aliphatic hydroxyl groups excluding tert-OH is 1. The molecule has 1 amide bonds. The molecule has 2 aromatic carbocycles. The molecule has 2 aromatic heterocycles. The Morgan fingerprint density at radius 1 is 1.16 bits per heavy atom. The van der Waals surface area contributed by atoms with Crippen LogP contribution in [0, 0.1) is 0 Å². The molecule has 32 heavy (non-hydrogen) atoms. The Labute approximate surface area is 185 Å². The zero-order chi connectivity index (χ0) is 22.1. The van der Waals surface area contributed by atoms with Crippen LogP contribution in [0.2, 0.25) is 0 Å². The van der Waals surface area contributed by atoms with Crippen molar-refractivity contribution in [3.63, 3.8) is 0 Å². The normalized spacial score (nSPS) is 18.1. The minimum atomic E-state index is -0.513. The van der Waals surface area contributed by atoms with Gasteiger partial charge in [-0.05, 0) is 36.2 Å². The zero-order valence-corrected chi connectivity index (χ0v) is 17.5. The summed E-state index contributed by atoms with van der Waals surface area (Å²) >= 11 is 0. The minimum absolute atomic E-state index is 0.213. The van der Waals surface area contributed by atoms with Crippen LogP contribution >= 0.6 is 0 Å². The van der Waals surface area contributed by atoms with E-state index in [1.54, 1.807) is 19.4 Å². The van der Waals surface area contributed by atoms with Crippen LogP contribution in [0.5, 0.6) is 5.75 Å². The fourth-order valence-electron chi connectivity index (χ4n) is 4.02. The number of pyridine rings is 1. The molecule has 0 radical (unpaired) electrons. The van der Waals surface area contributed by atoms with E-state index in [1.165, 1.54) is 0 Å². The van der Waals surface area contributed by atoms with E-state index in [0.29, 0.717) is 35.7 Å². The van der Waals surface area contributed by atoms with Crippen LogP contribution in [-0.2, 0) is 4.79 Å². The highest BCUT2D eigenvalue weighted by Crippen LogP contribution is 2.36. The lowest BCUT2D eigenvalue weighted by molar-refractivity contribution is -0.117. The van der Waals surface area contributed by atoms with Gasteiger partial charge in [0.05, 0.1) is 24.9 Å². The van der Waals surface area contributed by atoms with Gasteiger partial charge in [0, 0.05) is 29.9 Å². The van der Waals surface area contributed by atoms with Gasteiger partial charge in [-0.15, -0.1) is 0 Å². The summed E-state index contributed by atoms with van der Waals surface area (Å²) in [6.07, 6.45) is 1.64. The maximum atomic E-state index is 12.6. The van der Waals surface area contributed by atoms with Crippen molar-refractivity contribution in [1.82, 2.24) is 10.3 Å². The molecule has 4 aromatic rings. The molecular formula is C25H23N3O4. The van der Waals surface area contributed by atoms with Gasteiger partial charge in [0.1, 0.15) is 17.0 Å². The number of nitrogens with one attached hydrogen (secondary N) is 2. The van der Waals surface area contributed by atoms with E-state index in [0.717, 1.165) is 22.2 Å². The third kappa shape index (κ3) is 3.84. The van der Waals surface area contributed by atoms with Crippen LogP contribution in [0.1, 0.15) is 6.42 Å². The quantitative estimate of drug-likeness (QED) is 0.446. The summed E-state index contributed by atoms with van der Waals surface area (Å²) in [6.45, 7) is 0.408. The lowest BCUT2D eigenvalue weighted by Crippen LogP contribution is -2.35. The van der Waals surface area contributed by atoms with Crippen LogP contribution in [-0.4, -0.2) is 41.8 Å². The Balaban J connectivity index is 1.50. The van der Waals surface area contributed by atoms with Crippen LogP contribution < -0.4 is 15.4 Å². The maximum absolute atomic E-state index is 12.6. The smallest absolute Gasteiger partial charge is 0.241 e. The number of aliphatic hydroxyl groups is 1. The molecule has 7 nitrogen and oxygen atoms in total. The van der Waals surface area contributed by atoms with Crippen molar-refractivity contribution in [2.24, 2.45) is 0 Å². The van der Waals surface area contributed by atoms with Crippen LogP contribution in [0.3, 0.4) is 0 Å². The van der Waals surface area contributed by atoms with E-state index < -0.39 is 12.1 Å². The minimum Gasteiger partial charge on any atom is -0.495 e. The number of hydrogen-bond acceptors (Lipinski definition) is 6. The lowest BCUT2D eigenvalue weighted by atomic mass is 10.1. The molecule has 1 fully saturated rings. The van der Waals surface area contributed by atoms with Crippen molar-refractivity contribution in [3.05, 3.63) is 66.9 Å². The summed E-state index contributed by atoms with van der Waals surface area (Å²) in [5, 5.41) is 15.6.